The smallest absolute Gasteiger partial charge is 0.272 e. The second kappa shape index (κ2) is 7.36. The van der Waals surface area contributed by atoms with E-state index in [0.717, 1.165) is 18.4 Å². The van der Waals surface area contributed by atoms with Crippen molar-refractivity contribution in [3.8, 4) is 0 Å². The molecule has 0 aliphatic carbocycles. The van der Waals surface area contributed by atoms with Gasteiger partial charge in [-0.05, 0) is 33.1 Å². The third kappa shape index (κ3) is 4.58. The summed E-state index contributed by atoms with van der Waals surface area (Å²) in [6, 6.07) is 7.03. The summed E-state index contributed by atoms with van der Waals surface area (Å²) in [5.41, 5.74) is 0.649. The first-order chi connectivity index (χ1) is 9.41. The van der Waals surface area contributed by atoms with Crippen molar-refractivity contribution in [2.45, 2.75) is 51.6 Å². The number of nitrogens with zero attached hydrogens (tertiary/aromatic N) is 1. The molecule has 0 saturated heterocycles. The number of aliphatic hydroxyl groups excluding tert-OH is 1. The largest absolute Gasteiger partial charge is 0.394 e. The third-order valence-electron chi connectivity index (χ3n) is 3.76. The standard InChI is InChI=1S/C15H24N2O3/c1-4-15(3,11-18)16-12(2)9-10-13-7-5-6-8-14(13)17(19)20/h5-8,12,16,18H,4,9-11H2,1-3H3. The fourth-order valence-corrected chi connectivity index (χ4v) is 2.20. The second-order valence-corrected chi connectivity index (χ2v) is 5.54. The summed E-state index contributed by atoms with van der Waals surface area (Å²) in [7, 11) is 0. The molecule has 20 heavy (non-hydrogen) atoms. The zero-order valence-corrected chi connectivity index (χ0v) is 12.4. The van der Waals surface area contributed by atoms with Crippen molar-refractivity contribution >= 4 is 5.69 Å². The minimum Gasteiger partial charge on any atom is -0.394 e. The van der Waals surface area contributed by atoms with Crippen LogP contribution in [0.3, 0.4) is 0 Å². The van der Waals surface area contributed by atoms with E-state index in [9.17, 15) is 15.2 Å². The molecule has 0 spiro atoms. The van der Waals surface area contributed by atoms with Crippen LogP contribution in [0.25, 0.3) is 0 Å². The molecule has 0 fully saturated rings. The number of rotatable bonds is 8. The molecule has 0 saturated carbocycles. The molecule has 112 valence electrons. The Morgan fingerprint density at radius 1 is 1.45 bits per heavy atom. The van der Waals surface area contributed by atoms with Gasteiger partial charge in [0.15, 0.2) is 0 Å². The van der Waals surface area contributed by atoms with Gasteiger partial charge in [0.2, 0.25) is 0 Å². The van der Waals surface area contributed by atoms with E-state index in [4.69, 9.17) is 0 Å². The van der Waals surface area contributed by atoms with Crippen LogP contribution in [0.1, 0.15) is 39.2 Å². The van der Waals surface area contributed by atoms with Gasteiger partial charge in [-0.1, -0.05) is 25.1 Å². The molecule has 5 nitrogen and oxygen atoms in total. The van der Waals surface area contributed by atoms with Gasteiger partial charge in [-0.2, -0.15) is 0 Å². The monoisotopic (exact) mass is 280 g/mol. The molecule has 1 aromatic rings. The number of nitrogens with one attached hydrogen (secondary N) is 1. The lowest BCUT2D eigenvalue weighted by molar-refractivity contribution is -0.385. The Hall–Kier alpha value is -1.46. The van der Waals surface area contributed by atoms with Crippen LogP contribution in [-0.4, -0.2) is 28.2 Å². The molecule has 2 atom stereocenters. The average Bonchev–Trinajstić information content (AvgIpc) is 2.45. The Balaban J connectivity index is 2.61. The normalized spacial score (nSPS) is 15.6. The first-order valence-electron chi connectivity index (χ1n) is 7.02. The van der Waals surface area contributed by atoms with E-state index < -0.39 is 0 Å². The lowest BCUT2D eigenvalue weighted by Gasteiger charge is -2.31. The summed E-state index contributed by atoms with van der Waals surface area (Å²) in [5, 5.41) is 23.7. The number of benzene rings is 1. The Bertz CT molecular complexity index is 444. The summed E-state index contributed by atoms with van der Waals surface area (Å²) in [6.45, 7) is 6.13. The van der Waals surface area contributed by atoms with E-state index in [-0.39, 0.29) is 28.8 Å². The lowest BCUT2D eigenvalue weighted by atomic mass is 9.97. The molecule has 0 radical (unpaired) electrons. The summed E-state index contributed by atoms with van der Waals surface area (Å²) >= 11 is 0. The summed E-state index contributed by atoms with van der Waals surface area (Å²) < 4.78 is 0. The molecule has 0 heterocycles. The molecular formula is C15H24N2O3. The number of para-hydroxylation sites is 1. The highest BCUT2D eigenvalue weighted by Crippen LogP contribution is 2.20. The first kappa shape index (κ1) is 16.6. The van der Waals surface area contributed by atoms with E-state index >= 15 is 0 Å². The van der Waals surface area contributed by atoms with Gasteiger partial charge in [-0.3, -0.25) is 10.1 Å². The van der Waals surface area contributed by atoms with Gasteiger partial charge in [0.25, 0.3) is 5.69 Å². The quantitative estimate of drug-likeness (QED) is 0.567. The number of hydrogen-bond acceptors (Lipinski definition) is 4. The van der Waals surface area contributed by atoms with E-state index in [1.807, 2.05) is 26.8 Å². The predicted octanol–water partition coefficient (Wildman–Crippen LogP) is 2.67. The van der Waals surface area contributed by atoms with Crippen LogP contribution in [-0.2, 0) is 6.42 Å². The van der Waals surface area contributed by atoms with Gasteiger partial charge >= 0.3 is 0 Å². The summed E-state index contributed by atoms with van der Waals surface area (Å²) in [5.74, 6) is 0. The second-order valence-electron chi connectivity index (χ2n) is 5.54. The van der Waals surface area contributed by atoms with E-state index in [0.29, 0.717) is 6.42 Å². The van der Waals surface area contributed by atoms with Gasteiger partial charge in [0.05, 0.1) is 11.5 Å². The molecule has 0 aliphatic rings. The van der Waals surface area contributed by atoms with Crippen LogP contribution in [0.2, 0.25) is 0 Å². The van der Waals surface area contributed by atoms with E-state index in [2.05, 4.69) is 5.32 Å². The van der Waals surface area contributed by atoms with Crippen LogP contribution < -0.4 is 5.32 Å². The van der Waals surface area contributed by atoms with Gasteiger partial charge in [-0.15, -0.1) is 0 Å². The van der Waals surface area contributed by atoms with Gasteiger partial charge in [-0.25, -0.2) is 0 Å². The number of aliphatic hydroxyl groups is 1. The molecule has 0 amide bonds. The van der Waals surface area contributed by atoms with Crippen molar-refractivity contribution in [2.24, 2.45) is 0 Å². The summed E-state index contributed by atoms with van der Waals surface area (Å²) in [4.78, 5) is 10.6. The van der Waals surface area contributed by atoms with Gasteiger partial charge in [0, 0.05) is 23.2 Å². The van der Waals surface area contributed by atoms with Crippen LogP contribution in [0.4, 0.5) is 5.69 Å². The van der Waals surface area contributed by atoms with Crippen LogP contribution in [0.15, 0.2) is 24.3 Å². The maximum Gasteiger partial charge on any atom is 0.272 e. The minimum absolute atomic E-state index is 0.0827. The fraction of sp³-hybridized carbons (Fsp3) is 0.600. The number of aryl methyl sites for hydroxylation is 1. The highest BCUT2D eigenvalue weighted by Gasteiger charge is 2.23. The molecule has 2 N–H and O–H groups in total. The fourth-order valence-electron chi connectivity index (χ4n) is 2.20. The molecule has 5 heteroatoms. The average molecular weight is 280 g/mol. The Morgan fingerprint density at radius 3 is 2.65 bits per heavy atom. The highest BCUT2D eigenvalue weighted by molar-refractivity contribution is 5.39. The maximum absolute atomic E-state index is 10.9. The molecular weight excluding hydrogens is 256 g/mol. The van der Waals surface area contributed by atoms with Crippen molar-refractivity contribution in [1.82, 2.24) is 5.32 Å². The summed E-state index contributed by atoms with van der Waals surface area (Å²) in [6.07, 6.45) is 2.27. The minimum atomic E-state index is -0.336. The van der Waals surface area contributed by atoms with Crippen LogP contribution >= 0.6 is 0 Å². The van der Waals surface area contributed by atoms with Gasteiger partial charge < -0.3 is 10.4 Å². The zero-order chi connectivity index (χ0) is 15.2. The Kier molecular flexibility index (Phi) is 6.10. The van der Waals surface area contributed by atoms with Crippen molar-refractivity contribution in [1.29, 1.82) is 0 Å². The maximum atomic E-state index is 10.9. The van der Waals surface area contributed by atoms with Crippen LogP contribution in [0, 0.1) is 10.1 Å². The molecule has 1 rings (SSSR count). The van der Waals surface area contributed by atoms with Crippen molar-refractivity contribution in [2.75, 3.05) is 6.61 Å². The molecule has 0 bridgehead atoms. The number of nitro groups is 1. The number of hydrogen-bond donors (Lipinski definition) is 2. The molecule has 2 unspecified atom stereocenters. The molecule has 1 aromatic carbocycles. The van der Waals surface area contributed by atoms with E-state index in [1.165, 1.54) is 6.07 Å². The van der Waals surface area contributed by atoms with Gasteiger partial charge in [0.1, 0.15) is 0 Å². The molecule has 0 aromatic heterocycles. The first-order valence-corrected chi connectivity index (χ1v) is 7.02. The lowest BCUT2D eigenvalue weighted by Crippen LogP contribution is -2.49. The van der Waals surface area contributed by atoms with Crippen molar-refractivity contribution < 1.29 is 10.0 Å². The Morgan fingerprint density at radius 2 is 2.10 bits per heavy atom. The predicted molar refractivity (Wildman–Crippen MR) is 79.8 cm³/mol. The molecule has 0 aliphatic heterocycles. The SMILES string of the molecule is CCC(C)(CO)NC(C)CCc1ccccc1[N+](=O)[O-]. The van der Waals surface area contributed by atoms with Crippen LogP contribution in [0.5, 0.6) is 0 Å². The Labute approximate surface area is 120 Å². The third-order valence-corrected chi connectivity index (χ3v) is 3.76. The zero-order valence-electron chi connectivity index (χ0n) is 12.4. The highest BCUT2D eigenvalue weighted by atomic mass is 16.6. The van der Waals surface area contributed by atoms with Crippen molar-refractivity contribution in [3.63, 3.8) is 0 Å². The van der Waals surface area contributed by atoms with Crippen molar-refractivity contribution in [3.05, 3.63) is 39.9 Å². The number of nitro benzene ring substituents is 1. The van der Waals surface area contributed by atoms with E-state index in [1.54, 1.807) is 12.1 Å². The topological polar surface area (TPSA) is 75.4 Å².